The van der Waals surface area contributed by atoms with Crippen molar-refractivity contribution in [2.24, 2.45) is 0 Å². The van der Waals surface area contributed by atoms with Gasteiger partial charge in [0.05, 0.1) is 39.3 Å². The van der Waals surface area contributed by atoms with Crippen molar-refractivity contribution in [2.75, 3.05) is 20.3 Å². The van der Waals surface area contributed by atoms with E-state index in [0.717, 1.165) is 5.56 Å². The second-order valence-corrected chi connectivity index (χ2v) is 9.08. The van der Waals surface area contributed by atoms with Gasteiger partial charge in [-0.3, -0.25) is 14.2 Å². The van der Waals surface area contributed by atoms with Gasteiger partial charge in [-0.15, -0.1) is 0 Å². The van der Waals surface area contributed by atoms with Crippen molar-refractivity contribution in [3.8, 4) is 5.69 Å². The van der Waals surface area contributed by atoms with E-state index in [4.69, 9.17) is 32.9 Å². The lowest BCUT2D eigenvalue weighted by Gasteiger charge is -2.30. The van der Waals surface area contributed by atoms with Gasteiger partial charge in [-0.1, -0.05) is 47.5 Å². The molecule has 0 aliphatic rings. The summed E-state index contributed by atoms with van der Waals surface area (Å²) in [6.07, 6.45) is 0. The number of para-hydroxylation sites is 1. The van der Waals surface area contributed by atoms with E-state index in [9.17, 15) is 9.59 Å². The second-order valence-electron chi connectivity index (χ2n) is 8.26. The number of amides is 1. The fourth-order valence-corrected chi connectivity index (χ4v) is 4.34. The van der Waals surface area contributed by atoms with Gasteiger partial charge in [-0.25, -0.2) is 4.98 Å². The van der Waals surface area contributed by atoms with Crippen LogP contribution in [-0.4, -0.2) is 40.6 Å². The van der Waals surface area contributed by atoms with E-state index in [2.05, 4.69) is 0 Å². The molecule has 0 fully saturated rings. The largest absolute Gasteiger partial charge is 0.383 e. The number of benzene rings is 3. The van der Waals surface area contributed by atoms with Crippen LogP contribution in [0.25, 0.3) is 16.6 Å². The number of aromatic nitrogens is 2. The highest BCUT2D eigenvalue weighted by Crippen LogP contribution is 2.27. The first kappa shape index (κ1) is 24.9. The summed E-state index contributed by atoms with van der Waals surface area (Å²) in [5.74, 6) is 0.176. The summed E-state index contributed by atoms with van der Waals surface area (Å²) in [6, 6.07) is 19.0. The molecule has 0 saturated heterocycles. The normalized spacial score (nSPS) is 12.0. The highest BCUT2D eigenvalue weighted by molar-refractivity contribution is 6.42. The van der Waals surface area contributed by atoms with Crippen molar-refractivity contribution in [2.45, 2.75) is 19.9 Å². The van der Waals surface area contributed by atoms with Gasteiger partial charge in [-0.2, -0.15) is 0 Å². The van der Waals surface area contributed by atoms with Gasteiger partial charge in [0.15, 0.2) is 0 Å². The van der Waals surface area contributed by atoms with Gasteiger partial charge in [0.2, 0.25) is 0 Å². The average Bonchev–Trinajstić information content (AvgIpc) is 2.85. The topological polar surface area (TPSA) is 64.4 Å². The molecule has 6 nitrogen and oxygen atoms in total. The van der Waals surface area contributed by atoms with Crippen LogP contribution >= 0.6 is 23.2 Å². The number of methoxy groups -OCH3 is 1. The molecule has 0 aliphatic heterocycles. The number of carbonyl (C=O) groups is 1. The Kier molecular flexibility index (Phi) is 7.55. The van der Waals surface area contributed by atoms with E-state index < -0.39 is 6.04 Å². The number of rotatable bonds is 7. The SMILES string of the molecule is COCCN(C(=O)c1ccc(Cl)c(Cl)c1)C(C)c1nc2ccccc2c(=O)n1-c1cccc(C)c1. The zero-order valence-corrected chi connectivity index (χ0v) is 21.2. The number of nitrogens with zero attached hydrogens (tertiary/aromatic N) is 3. The molecule has 8 heteroatoms. The number of ether oxygens (including phenoxy) is 1. The molecule has 1 amide bonds. The van der Waals surface area contributed by atoms with E-state index in [1.165, 1.54) is 0 Å². The van der Waals surface area contributed by atoms with Gasteiger partial charge in [-0.05, 0) is 61.9 Å². The molecular formula is C27H25Cl2N3O3. The molecule has 1 aromatic heterocycles. The molecule has 1 heterocycles. The molecule has 0 N–H and O–H groups in total. The van der Waals surface area contributed by atoms with Crippen molar-refractivity contribution < 1.29 is 9.53 Å². The number of hydrogen-bond acceptors (Lipinski definition) is 4. The van der Waals surface area contributed by atoms with E-state index in [-0.39, 0.29) is 23.0 Å². The fraction of sp³-hybridized carbons (Fsp3) is 0.222. The quantitative estimate of drug-likeness (QED) is 0.313. The number of carbonyl (C=O) groups excluding carboxylic acids is 1. The number of hydrogen-bond donors (Lipinski definition) is 0. The van der Waals surface area contributed by atoms with Crippen LogP contribution in [0.1, 0.15) is 34.7 Å². The molecule has 180 valence electrons. The first-order valence-corrected chi connectivity index (χ1v) is 11.9. The average molecular weight is 510 g/mol. The van der Waals surface area contributed by atoms with Gasteiger partial charge in [0, 0.05) is 19.2 Å². The van der Waals surface area contributed by atoms with Crippen LogP contribution in [0.5, 0.6) is 0 Å². The molecular weight excluding hydrogens is 485 g/mol. The third kappa shape index (κ3) is 5.10. The Morgan fingerprint density at radius 1 is 1.06 bits per heavy atom. The summed E-state index contributed by atoms with van der Waals surface area (Å²) < 4.78 is 6.87. The predicted molar refractivity (Wildman–Crippen MR) is 140 cm³/mol. The maximum Gasteiger partial charge on any atom is 0.266 e. The summed E-state index contributed by atoms with van der Waals surface area (Å²) in [5.41, 5.74) is 2.44. The summed E-state index contributed by atoms with van der Waals surface area (Å²) in [4.78, 5) is 33.8. The Morgan fingerprint density at radius 3 is 2.54 bits per heavy atom. The molecule has 0 radical (unpaired) electrons. The summed E-state index contributed by atoms with van der Waals surface area (Å²) in [6.45, 7) is 4.41. The minimum Gasteiger partial charge on any atom is -0.383 e. The molecule has 3 aromatic carbocycles. The molecule has 1 atom stereocenters. The lowest BCUT2D eigenvalue weighted by molar-refractivity contribution is 0.0605. The number of halogens is 2. The Labute approximate surface area is 213 Å². The molecule has 0 spiro atoms. The summed E-state index contributed by atoms with van der Waals surface area (Å²) in [7, 11) is 1.57. The van der Waals surface area contributed by atoms with Crippen LogP contribution in [0, 0.1) is 6.92 Å². The number of aryl methyl sites for hydroxylation is 1. The Balaban J connectivity index is 1.90. The molecule has 4 rings (SSSR count). The molecule has 0 aliphatic carbocycles. The molecule has 0 bridgehead atoms. The van der Waals surface area contributed by atoms with Crippen molar-refractivity contribution in [1.29, 1.82) is 0 Å². The smallest absolute Gasteiger partial charge is 0.266 e. The second kappa shape index (κ2) is 10.6. The standard InChI is InChI=1S/C27H25Cl2N3O3/c1-17-7-6-8-20(15-17)32-25(30-24-10-5-4-9-21(24)27(32)34)18(2)31(13-14-35-3)26(33)19-11-12-22(28)23(29)16-19/h4-12,15-16,18H,13-14H2,1-3H3. The zero-order valence-electron chi connectivity index (χ0n) is 19.7. The molecule has 35 heavy (non-hydrogen) atoms. The molecule has 4 aromatic rings. The van der Waals surface area contributed by atoms with Gasteiger partial charge in [0.25, 0.3) is 11.5 Å². The third-order valence-corrected chi connectivity index (χ3v) is 6.61. The highest BCUT2D eigenvalue weighted by Gasteiger charge is 2.28. The van der Waals surface area contributed by atoms with Gasteiger partial charge in [0.1, 0.15) is 5.82 Å². The first-order valence-electron chi connectivity index (χ1n) is 11.2. The Hall–Kier alpha value is -3.19. The number of fused-ring (bicyclic) bond motifs is 1. The zero-order chi connectivity index (χ0) is 25.1. The summed E-state index contributed by atoms with van der Waals surface area (Å²) >= 11 is 12.2. The molecule has 1 unspecified atom stereocenters. The lowest BCUT2D eigenvalue weighted by atomic mass is 10.1. The van der Waals surface area contributed by atoms with Crippen LogP contribution in [0.3, 0.4) is 0 Å². The van der Waals surface area contributed by atoms with Crippen molar-refractivity contribution in [3.63, 3.8) is 0 Å². The summed E-state index contributed by atoms with van der Waals surface area (Å²) in [5, 5.41) is 1.16. The maximum absolute atomic E-state index is 13.7. The van der Waals surface area contributed by atoms with Crippen LogP contribution in [0.15, 0.2) is 71.5 Å². The van der Waals surface area contributed by atoms with Gasteiger partial charge >= 0.3 is 0 Å². The van der Waals surface area contributed by atoms with Crippen molar-refractivity contribution in [3.05, 3.63) is 104 Å². The van der Waals surface area contributed by atoms with E-state index in [0.29, 0.717) is 39.6 Å². The van der Waals surface area contributed by atoms with Crippen molar-refractivity contribution >= 4 is 40.0 Å². The van der Waals surface area contributed by atoms with Crippen molar-refractivity contribution in [1.82, 2.24) is 14.5 Å². The van der Waals surface area contributed by atoms with Crippen LogP contribution < -0.4 is 5.56 Å². The third-order valence-electron chi connectivity index (χ3n) is 5.87. The van der Waals surface area contributed by atoms with Crippen LogP contribution in [0.2, 0.25) is 10.0 Å². The van der Waals surface area contributed by atoms with E-state index in [1.807, 2.05) is 50.2 Å². The molecule has 0 saturated carbocycles. The monoisotopic (exact) mass is 509 g/mol. The Bertz CT molecular complexity index is 1450. The van der Waals surface area contributed by atoms with E-state index >= 15 is 0 Å². The van der Waals surface area contributed by atoms with Gasteiger partial charge < -0.3 is 9.64 Å². The minimum absolute atomic E-state index is 0.197. The van der Waals surface area contributed by atoms with Crippen LogP contribution in [0.4, 0.5) is 0 Å². The Morgan fingerprint density at radius 2 is 1.83 bits per heavy atom. The predicted octanol–water partition coefficient (Wildman–Crippen LogP) is 5.85. The maximum atomic E-state index is 13.7. The lowest BCUT2D eigenvalue weighted by Crippen LogP contribution is -2.39. The highest BCUT2D eigenvalue weighted by atomic mass is 35.5. The fourth-order valence-electron chi connectivity index (χ4n) is 4.04. The first-order chi connectivity index (χ1) is 16.8. The van der Waals surface area contributed by atoms with E-state index in [1.54, 1.807) is 46.9 Å². The van der Waals surface area contributed by atoms with Crippen LogP contribution in [-0.2, 0) is 4.74 Å². The minimum atomic E-state index is -0.565.